The van der Waals surface area contributed by atoms with Crippen LogP contribution in [0, 0.1) is 0 Å². The molecule has 0 N–H and O–H groups in total. The van der Waals surface area contributed by atoms with Crippen molar-refractivity contribution in [1.82, 2.24) is 4.57 Å². The smallest absolute Gasteiger partial charge is 0.187 e. The lowest BCUT2D eigenvalue weighted by Crippen LogP contribution is -2.25. The maximum Gasteiger partial charge on any atom is 0.187 e. The van der Waals surface area contributed by atoms with Crippen LogP contribution in [0.5, 0.6) is 0 Å². The number of para-hydroxylation sites is 1. The van der Waals surface area contributed by atoms with Crippen molar-refractivity contribution in [3.8, 4) is 11.1 Å². The third-order valence-electron chi connectivity index (χ3n) is 5.01. The highest BCUT2D eigenvalue weighted by molar-refractivity contribution is 7.86. The van der Waals surface area contributed by atoms with E-state index in [0.29, 0.717) is 0 Å². The molecule has 0 saturated heterocycles. The maximum absolute atomic E-state index is 14.4. The van der Waals surface area contributed by atoms with Gasteiger partial charge in [0.05, 0.1) is 5.44 Å². The van der Waals surface area contributed by atoms with Crippen molar-refractivity contribution in [1.29, 1.82) is 0 Å². The molecule has 4 aromatic rings. The van der Waals surface area contributed by atoms with Gasteiger partial charge in [-0.2, -0.15) is 0 Å². The Hall–Kier alpha value is -2.57. The van der Waals surface area contributed by atoms with Gasteiger partial charge in [0.2, 0.25) is 0 Å². The van der Waals surface area contributed by atoms with E-state index in [1.54, 1.807) is 0 Å². The Morgan fingerprint density at radius 2 is 1.46 bits per heavy atom. The van der Waals surface area contributed by atoms with Crippen molar-refractivity contribution in [2.45, 2.75) is 0 Å². The first-order valence-electron chi connectivity index (χ1n) is 8.06. The summed E-state index contributed by atoms with van der Waals surface area (Å²) < 4.78 is 16.6. The molecule has 3 heteroatoms. The standard InChI is InChI=1S/C21H16NOP/c1-22-18-13-7-5-11-16(18)20-17-12-6-8-14-19(17)24(23,21(20)22)15-9-3-2-4-10-15/h2-14H,1H3. The zero-order chi connectivity index (χ0) is 16.3. The molecule has 0 fully saturated rings. The van der Waals surface area contributed by atoms with Crippen LogP contribution in [0.2, 0.25) is 0 Å². The minimum Gasteiger partial charge on any atom is -0.340 e. The second-order valence-corrected chi connectivity index (χ2v) is 8.88. The minimum absolute atomic E-state index is 0.905. The molecule has 1 aromatic heterocycles. The van der Waals surface area contributed by atoms with E-state index in [0.717, 1.165) is 32.7 Å². The van der Waals surface area contributed by atoms with E-state index in [2.05, 4.69) is 28.8 Å². The third-order valence-corrected chi connectivity index (χ3v) is 8.22. The van der Waals surface area contributed by atoms with Crippen molar-refractivity contribution < 1.29 is 4.57 Å². The van der Waals surface area contributed by atoms with E-state index in [1.165, 1.54) is 5.39 Å². The van der Waals surface area contributed by atoms with Gasteiger partial charge in [-0.3, -0.25) is 0 Å². The molecular weight excluding hydrogens is 313 g/mol. The van der Waals surface area contributed by atoms with Gasteiger partial charge in [0.25, 0.3) is 0 Å². The van der Waals surface area contributed by atoms with E-state index >= 15 is 0 Å². The fraction of sp³-hybridized carbons (Fsp3) is 0.0476. The van der Waals surface area contributed by atoms with E-state index in [1.807, 2.05) is 61.6 Å². The molecular formula is C21H16NOP. The first-order valence-corrected chi connectivity index (χ1v) is 9.77. The van der Waals surface area contributed by atoms with Crippen LogP contribution < -0.4 is 16.0 Å². The second kappa shape index (κ2) is 4.72. The molecule has 0 saturated carbocycles. The summed E-state index contributed by atoms with van der Waals surface area (Å²) in [5.74, 6) is 0. The Morgan fingerprint density at radius 1 is 0.792 bits per heavy atom. The van der Waals surface area contributed by atoms with Crippen molar-refractivity contribution >= 4 is 34.1 Å². The maximum atomic E-state index is 14.4. The van der Waals surface area contributed by atoms with Gasteiger partial charge in [0.15, 0.2) is 7.14 Å². The normalized spacial score (nSPS) is 18.5. The van der Waals surface area contributed by atoms with Crippen molar-refractivity contribution in [2.75, 3.05) is 0 Å². The number of aryl methyl sites for hydroxylation is 1. The highest BCUT2D eigenvalue weighted by Gasteiger charge is 2.43. The van der Waals surface area contributed by atoms with Crippen LogP contribution in [-0.4, -0.2) is 4.57 Å². The summed E-state index contributed by atoms with van der Waals surface area (Å²) >= 11 is 0. The van der Waals surface area contributed by atoms with Crippen LogP contribution in [0.15, 0.2) is 78.9 Å². The van der Waals surface area contributed by atoms with Crippen LogP contribution in [-0.2, 0) is 11.6 Å². The number of nitrogens with zero attached hydrogens (tertiary/aromatic N) is 1. The fourth-order valence-electron chi connectivity index (χ4n) is 3.99. The summed E-state index contributed by atoms with van der Waals surface area (Å²) in [5.41, 5.74) is 4.33. The predicted octanol–water partition coefficient (Wildman–Crippen LogP) is 3.80. The molecule has 0 spiro atoms. The molecule has 0 aliphatic carbocycles. The highest BCUT2D eigenvalue weighted by atomic mass is 31.2. The van der Waals surface area contributed by atoms with Crippen LogP contribution >= 0.6 is 7.14 Å². The Bertz CT molecular complexity index is 1140. The number of aromatic nitrogens is 1. The minimum atomic E-state index is -2.85. The van der Waals surface area contributed by atoms with Crippen molar-refractivity contribution in [3.05, 3.63) is 78.9 Å². The Kier molecular flexibility index (Phi) is 2.72. The van der Waals surface area contributed by atoms with Gasteiger partial charge in [-0.15, -0.1) is 0 Å². The highest BCUT2D eigenvalue weighted by Crippen LogP contribution is 2.54. The molecule has 1 atom stereocenters. The Labute approximate surface area is 140 Å². The summed E-state index contributed by atoms with van der Waals surface area (Å²) in [6.45, 7) is 0. The van der Waals surface area contributed by atoms with Crippen molar-refractivity contribution in [2.24, 2.45) is 7.05 Å². The summed E-state index contributed by atoms with van der Waals surface area (Å²) in [6, 6.07) is 26.4. The van der Waals surface area contributed by atoms with Crippen LogP contribution in [0.4, 0.5) is 0 Å². The largest absolute Gasteiger partial charge is 0.340 e. The predicted molar refractivity (Wildman–Crippen MR) is 101 cm³/mol. The molecule has 2 heterocycles. The summed E-state index contributed by atoms with van der Waals surface area (Å²) in [4.78, 5) is 0. The van der Waals surface area contributed by atoms with E-state index in [-0.39, 0.29) is 0 Å². The quantitative estimate of drug-likeness (QED) is 0.429. The summed E-state index contributed by atoms with van der Waals surface area (Å²) in [7, 11) is -0.819. The SMILES string of the molecule is Cn1c2c(c3ccccc31)-c1ccccc1P2(=O)c1ccccc1. The molecule has 3 aromatic carbocycles. The Morgan fingerprint density at radius 3 is 2.29 bits per heavy atom. The number of hydrogen-bond acceptors (Lipinski definition) is 1. The van der Waals surface area contributed by atoms with Gasteiger partial charge in [0, 0.05) is 34.1 Å². The first kappa shape index (κ1) is 13.8. The zero-order valence-electron chi connectivity index (χ0n) is 13.3. The van der Waals surface area contributed by atoms with Crippen molar-refractivity contribution in [3.63, 3.8) is 0 Å². The van der Waals surface area contributed by atoms with Crippen LogP contribution in [0.25, 0.3) is 22.0 Å². The lowest BCUT2D eigenvalue weighted by molar-refractivity contribution is 0.592. The molecule has 1 aliphatic rings. The van der Waals surface area contributed by atoms with Gasteiger partial charge >= 0.3 is 0 Å². The number of rotatable bonds is 1. The van der Waals surface area contributed by atoms with Crippen LogP contribution in [0.1, 0.15) is 0 Å². The molecule has 0 bridgehead atoms. The molecule has 5 rings (SSSR count). The second-order valence-electron chi connectivity index (χ2n) is 6.24. The van der Waals surface area contributed by atoms with Crippen LogP contribution in [0.3, 0.4) is 0 Å². The summed E-state index contributed by atoms with van der Waals surface area (Å²) in [6.07, 6.45) is 0. The van der Waals surface area contributed by atoms with E-state index in [4.69, 9.17) is 0 Å². The lowest BCUT2D eigenvalue weighted by atomic mass is 10.1. The average Bonchev–Trinajstić information content (AvgIpc) is 3.09. The van der Waals surface area contributed by atoms with E-state index in [9.17, 15) is 4.57 Å². The first-order chi connectivity index (χ1) is 11.7. The monoisotopic (exact) mass is 329 g/mol. The van der Waals surface area contributed by atoms with Gasteiger partial charge in [-0.05, 0) is 11.6 Å². The molecule has 24 heavy (non-hydrogen) atoms. The Balaban J connectivity index is 2.01. The molecule has 116 valence electrons. The number of fused-ring (bicyclic) bond motifs is 5. The molecule has 0 radical (unpaired) electrons. The van der Waals surface area contributed by atoms with Gasteiger partial charge < -0.3 is 9.13 Å². The molecule has 1 unspecified atom stereocenters. The summed E-state index contributed by atoms with van der Waals surface area (Å²) in [5, 5.41) is 3.04. The third kappa shape index (κ3) is 1.54. The average molecular weight is 329 g/mol. The van der Waals surface area contributed by atoms with Gasteiger partial charge in [0.1, 0.15) is 0 Å². The fourth-order valence-corrected chi connectivity index (χ4v) is 7.24. The number of benzene rings is 3. The topological polar surface area (TPSA) is 22.0 Å². The van der Waals surface area contributed by atoms with Gasteiger partial charge in [-0.1, -0.05) is 72.8 Å². The number of hydrogen-bond donors (Lipinski definition) is 0. The van der Waals surface area contributed by atoms with E-state index < -0.39 is 7.14 Å². The molecule has 1 aliphatic heterocycles. The molecule has 0 amide bonds. The lowest BCUT2D eigenvalue weighted by Gasteiger charge is -2.17. The zero-order valence-corrected chi connectivity index (χ0v) is 14.2. The van der Waals surface area contributed by atoms with Gasteiger partial charge in [-0.25, -0.2) is 0 Å². The molecule has 2 nitrogen and oxygen atoms in total.